The summed E-state index contributed by atoms with van der Waals surface area (Å²) in [7, 11) is -2.92. The Morgan fingerprint density at radius 2 is 1.85 bits per heavy atom. The highest BCUT2D eigenvalue weighted by Crippen LogP contribution is 2.52. The normalized spacial score (nSPS) is 31.4. The first kappa shape index (κ1) is 44.0. The molecule has 3 heterocycles. The number of nitrogens with zero attached hydrogens (tertiary/aromatic N) is 3. The molecule has 2 aliphatic carbocycles. The lowest BCUT2D eigenvalue weighted by Crippen LogP contribution is -2.65. The van der Waals surface area contributed by atoms with E-state index in [-0.39, 0.29) is 53.2 Å². The van der Waals surface area contributed by atoms with Crippen molar-refractivity contribution in [1.29, 1.82) is 0 Å². The number of pyridine rings is 1. The fourth-order valence-corrected chi connectivity index (χ4v) is 9.85. The lowest BCUT2D eigenvalue weighted by Gasteiger charge is -2.43. The molecule has 1 saturated heterocycles. The molecule has 4 aliphatic rings. The van der Waals surface area contributed by atoms with Gasteiger partial charge in [-0.25, -0.2) is 17.6 Å². The van der Waals surface area contributed by atoms with Crippen LogP contribution >= 0.6 is 0 Å². The van der Waals surface area contributed by atoms with Crippen molar-refractivity contribution in [3.8, 4) is 11.8 Å². The standard InChI is InChI=1S/C41H54F3N5O9S/c1-8-24(4)48(37(53)54)32-25(9-2)18-23(3)12-10-11-13-27-21-40(27,36(52)47-59(55,56)38(5)16-17-38)46-33(50)30-22-39(6,41(43,44)49(30)35(32)51)58-34-29-15-14-28(42)19-26(29)20-31(45-34)57-7/h11,13-15,19-20,23-25,27,30,32H,8-10,12,16-18,21-22H2,1-7H3,(H,46,50)(H,47,52)(H,53,54)/b13-11-/t23-,24?,25-,27-,30+,32+,39-,40-/m1/s1. The molecule has 59 heavy (non-hydrogen) atoms. The van der Waals surface area contributed by atoms with E-state index in [2.05, 4.69) is 15.0 Å². The third kappa shape index (κ3) is 7.92. The molecule has 4 amide bonds. The second-order valence-electron chi connectivity index (χ2n) is 17.2. The van der Waals surface area contributed by atoms with Crippen LogP contribution in [0.5, 0.6) is 11.8 Å². The van der Waals surface area contributed by atoms with Gasteiger partial charge in [0, 0.05) is 29.8 Å². The van der Waals surface area contributed by atoms with Crippen molar-refractivity contribution in [3.63, 3.8) is 0 Å². The third-order valence-electron chi connectivity index (χ3n) is 12.9. The van der Waals surface area contributed by atoms with Gasteiger partial charge in [0.05, 0.1) is 11.9 Å². The molecule has 3 fully saturated rings. The van der Waals surface area contributed by atoms with Gasteiger partial charge in [0.2, 0.25) is 27.7 Å². The maximum absolute atomic E-state index is 17.7. The predicted molar refractivity (Wildman–Crippen MR) is 211 cm³/mol. The number of hydrogen-bond donors (Lipinski definition) is 3. The molecule has 1 aromatic heterocycles. The first-order valence-electron chi connectivity index (χ1n) is 20.2. The molecular weight excluding hydrogens is 796 g/mol. The highest BCUT2D eigenvalue weighted by Gasteiger charge is 2.71. The number of nitrogens with one attached hydrogen (secondary N) is 2. The van der Waals surface area contributed by atoms with Crippen molar-refractivity contribution in [1.82, 2.24) is 24.8 Å². The van der Waals surface area contributed by atoms with Crippen molar-refractivity contribution in [2.75, 3.05) is 7.11 Å². The van der Waals surface area contributed by atoms with Crippen LogP contribution in [-0.2, 0) is 24.4 Å². The summed E-state index contributed by atoms with van der Waals surface area (Å²) < 4.78 is 88.6. The fraction of sp³-hybridized carbons (Fsp3) is 0.634. The summed E-state index contributed by atoms with van der Waals surface area (Å²) in [6, 6.07) is -4.04. The Balaban J connectivity index is 1.51. The van der Waals surface area contributed by atoms with E-state index in [0.29, 0.717) is 25.7 Å². The molecule has 0 bridgehead atoms. The lowest BCUT2D eigenvalue weighted by atomic mass is 9.83. The van der Waals surface area contributed by atoms with E-state index in [0.717, 1.165) is 24.0 Å². The van der Waals surface area contributed by atoms with Gasteiger partial charge in [0.15, 0.2) is 5.60 Å². The van der Waals surface area contributed by atoms with Gasteiger partial charge in [0.1, 0.15) is 23.4 Å². The maximum atomic E-state index is 17.7. The van der Waals surface area contributed by atoms with Gasteiger partial charge in [-0.3, -0.25) is 28.9 Å². The SMILES string of the molecule is CCC(C)N(C(=O)O)[C@@H]1C(=O)N2[C@@H](C[C@@](C)(Oc3nc(OC)cc4cc(F)ccc34)C2(F)F)C(=O)N[C@]2(C(=O)NS(=O)(=O)C3(C)CC3)C[C@H]2/C=C\CC[C@@H](C)C[C@H]1CC. The van der Waals surface area contributed by atoms with Gasteiger partial charge in [0.25, 0.3) is 11.8 Å². The van der Waals surface area contributed by atoms with Crippen molar-refractivity contribution in [2.45, 2.75) is 139 Å². The van der Waals surface area contributed by atoms with E-state index in [1.165, 1.54) is 26.2 Å². The number of amides is 4. The van der Waals surface area contributed by atoms with Crippen LogP contribution in [0.4, 0.5) is 18.0 Å². The minimum atomic E-state index is -4.36. The van der Waals surface area contributed by atoms with E-state index in [1.54, 1.807) is 26.8 Å². The Hall–Kier alpha value is -4.61. The summed E-state index contributed by atoms with van der Waals surface area (Å²) in [6.45, 7) is 9.42. The van der Waals surface area contributed by atoms with Crippen molar-refractivity contribution in [2.24, 2.45) is 17.8 Å². The molecule has 2 saturated carbocycles. The number of carbonyl (C=O) groups is 4. The second kappa shape index (κ2) is 15.8. The first-order valence-corrected chi connectivity index (χ1v) is 21.7. The van der Waals surface area contributed by atoms with E-state index in [9.17, 15) is 32.3 Å². The number of carbonyl (C=O) groups excluding carboxylic acids is 3. The molecule has 2 aliphatic heterocycles. The lowest BCUT2D eigenvalue weighted by molar-refractivity contribution is -0.219. The first-order chi connectivity index (χ1) is 27.6. The molecule has 18 heteroatoms. The molecular formula is C41H54F3N5O9S. The Kier molecular flexibility index (Phi) is 11.8. The number of benzene rings is 1. The molecule has 1 unspecified atom stereocenters. The van der Waals surface area contributed by atoms with Crippen LogP contribution in [0.15, 0.2) is 36.4 Å². The number of alkyl halides is 2. The Labute approximate surface area is 342 Å². The van der Waals surface area contributed by atoms with Gasteiger partial charge in [-0.1, -0.05) is 39.3 Å². The molecule has 3 N–H and O–H groups in total. The Morgan fingerprint density at radius 1 is 1.15 bits per heavy atom. The minimum Gasteiger partial charge on any atom is -0.481 e. The van der Waals surface area contributed by atoms with Crippen molar-refractivity contribution < 1.29 is 55.3 Å². The number of carboxylic acid groups (broad SMARTS) is 1. The quantitative estimate of drug-likeness (QED) is 0.186. The zero-order valence-electron chi connectivity index (χ0n) is 34.4. The van der Waals surface area contributed by atoms with E-state index in [1.807, 2.05) is 13.0 Å². The third-order valence-corrected chi connectivity index (χ3v) is 15.1. The van der Waals surface area contributed by atoms with Crippen LogP contribution in [0, 0.1) is 23.6 Å². The van der Waals surface area contributed by atoms with Gasteiger partial charge in [-0.05, 0) is 101 Å². The van der Waals surface area contributed by atoms with E-state index >= 15 is 13.6 Å². The molecule has 324 valence electrons. The number of methoxy groups -OCH3 is 1. The van der Waals surface area contributed by atoms with Gasteiger partial charge in [-0.15, -0.1) is 0 Å². The molecule has 0 radical (unpaired) electrons. The van der Waals surface area contributed by atoms with Gasteiger partial charge in [-0.2, -0.15) is 13.8 Å². The van der Waals surface area contributed by atoms with Crippen LogP contribution in [0.2, 0.25) is 0 Å². The van der Waals surface area contributed by atoms with Crippen LogP contribution in [0.3, 0.4) is 0 Å². The smallest absolute Gasteiger partial charge is 0.408 e. The molecule has 2 aromatic rings. The second-order valence-corrected chi connectivity index (χ2v) is 19.4. The van der Waals surface area contributed by atoms with E-state index < -0.39 is 104 Å². The fourth-order valence-electron chi connectivity index (χ4n) is 8.54. The van der Waals surface area contributed by atoms with Crippen LogP contribution in [0.1, 0.15) is 99.3 Å². The zero-order valence-corrected chi connectivity index (χ0v) is 35.2. The number of hydrogen-bond acceptors (Lipinski definition) is 9. The number of halogens is 3. The number of rotatable bonds is 10. The van der Waals surface area contributed by atoms with E-state index in [4.69, 9.17) is 9.47 Å². The molecule has 1 aromatic carbocycles. The summed E-state index contributed by atoms with van der Waals surface area (Å²) in [4.78, 5) is 62.2. The summed E-state index contributed by atoms with van der Waals surface area (Å²) in [6.07, 6.45) is 3.55. The maximum Gasteiger partial charge on any atom is 0.408 e. The van der Waals surface area contributed by atoms with Gasteiger partial charge < -0.3 is 19.9 Å². The monoisotopic (exact) mass is 849 g/mol. The van der Waals surface area contributed by atoms with Crippen LogP contribution in [0.25, 0.3) is 10.8 Å². The molecule has 8 atom stereocenters. The number of aromatic nitrogens is 1. The topological polar surface area (TPSA) is 185 Å². The molecule has 6 rings (SSSR count). The Bertz CT molecular complexity index is 2150. The van der Waals surface area contributed by atoms with Crippen LogP contribution < -0.4 is 19.5 Å². The number of allylic oxidation sites excluding steroid dienone is 1. The van der Waals surface area contributed by atoms with Gasteiger partial charge >= 0.3 is 12.1 Å². The number of ether oxygens (including phenoxy) is 2. The summed E-state index contributed by atoms with van der Waals surface area (Å²) >= 11 is 0. The largest absolute Gasteiger partial charge is 0.481 e. The minimum absolute atomic E-state index is 0.0503. The summed E-state index contributed by atoms with van der Waals surface area (Å²) in [5, 5.41) is 13.5. The van der Waals surface area contributed by atoms with Crippen molar-refractivity contribution >= 4 is 44.6 Å². The molecule has 0 spiro atoms. The zero-order chi connectivity index (χ0) is 43.5. The Morgan fingerprint density at radius 3 is 2.46 bits per heavy atom. The predicted octanol–water partition coefficient (Wildman–Crippen LogP) is 6.14. The number of sulfonamides is 1. The average molecular weight is 850 g/mol. The number of fused-ring (bicyclic) bond motifs is 3. The summed E-state index contributed by atoms with van der Waals surface area (Å²) in [5.74, 6) is -6.31. The highest BCUT2D eigenvalue weighted by atomic mass is 32.2. The highest BCUT2D eigenvalue weighted by molar-refractivity contribution is 7.91. The van der Waals surface area contributed by atoms with Crippen molar-refractivity contribution in [3.05, 3.63) is 42.2 Å². The molecule has 14 nitrogen and oxygen atoms in total. The summed E-state index contributed by atoms with van der Waals surface area (Å²) in [5.41, 5.74) is -4.62. The average Bonchev–Trinajstić information content (AvgIpc) is 4.07. The van der Waals surface area contributed by atoms with Crippen LogP contribution in [-0.4, -0.2) is 99.3 Å².